The fraction of sp³-hybridized carbons (Fsp3) is 0.100. The summed E-state index contributed by atoms with van der Waals surface area (Å²) in [5.41, 5.74) is 1.27. The molecule has 12 heavy (non-hydrogen) atoms. The second kappa shape index (κ2) is 2.48. The zero-order valence-electron chi connectivity index (χ0n) is 6.45. The topological polar surface area (TPSA) is 37.3 Å². The molecule has 1 N–H and O–H groups in total. The Bertz CT molecular complexity index is 364. The quantitative estimate of drug-likeness (QED) is 0.631. The molecule has 0 unspecified atom stereocenters. The third-order valence-electron chi connectivity index (χ3n) is 1.98. The zero-order chi connectivity index (χ0) is 8.55. The van der Waals surface area contributed by atoms with Gasteiger partial charge in [-0.2, -0.15) is 0 Å². The first kappa shape index (κ1) is 7.10. The van der Waals surface area contributed by atoms with E-state index in [0.29, 0.717) is 17.5 Å². The summed E-state index contributed by atoms with van der Waals surface area (Å²) in [6.07, 6.45) is 1.85. The van der Waals surface area contributed by atoms with Crippen molar-refractivity contribution in [3.63, 3.8) is 0 Å². The normalized spacial score (nSPS) is 15.3. The molecule has 2 nitrogen and oxygen atoms in total. The van der Waals surface area contributed by atoms with Crippen LogP contribution in [0.4, 0.5) is 0 Å². The van der Waals surface area contributed by atoms with Gasteiger partial charge in [-0.15, -0.1) is 0 Å². The number of Topliss-reactive ketones (excluding diaryl/α,β-unsaturated/α-hetero) is 1. The van der Waals surface area contributed by atoms with Crippen molar-refractivity contribution in [2.75, 3.05) is 0 Å². The molecule has 0 saturated carbocycles. The molecular weight excluding hydrogens is 152 g/mol. The first-order valence-electron chi connectivity index (χ1n) is 3.81. The molecule has 1 aliphatic carbocycles. The van der Waals surface area contributed by atoms with Crippen LogP contribution in [0, 0.1) is 0 Å². The van der Waals surface area contributed by atoms with Gasteiger partial charge >= 0.3 is 0 Å². The van der Waals surface area contributed by atoms with Gasteiger partial charge in [0.15, 0.2) is 5.78 Å². The van der Waals surface area contributed by atoms with Crippen LogP contribution < -0.4 is 0 Å². The van der Waals surface area contributed by atoms with E-state index in [1.807, 2.05) is 6.07 Å². The average Bonchev–Trinajstić information content (AvgIpc) is 2.12. The van der Waals surface area contributed by atoms with Crippen LogP contribution in [0.3, 0.4) is 0 Å². The fourth-order valence-electron chi connectivity index (χ4n) is 1.36. The van der Waals surface area contributed by atoms with Crippen molar-refractivity contribution >= 4 is 11.5 Å². The second-order valence-electron chi connectivity index (χ2n) is 2.76. The minimum Gasteiger partial charge on any atom is -0.508 e. The maximum Gasteiger partial charge on any atom is 0.167 e. The van der Waals surface area contributed by atoms with E-state index < -0.39 is 0 Å². The standard InChI is InChI=1S/C10H8O2/c11-9-5-6-10(12)8-4-2-1-3-7(8)9/h1-5,11H,6H2. The van der Waals surface area contributed by atoms with Gasteiger partial charge in [0.05, 0.1) is 0 Å². The Balaban J connectivity index is 2.66. The highest BCUT2D eigenvalue weighted by Gasteiger charge is 2.16. The molecule has 0 bridgehead atoms. The number of benzene rings is 1. The number of aliphatic hydroxyl groups is 1. The molecule has 0 amide bonds. The predicted molar refractivity (Wildman–Crippen MR) is 46.0 cm³/mol. The lowest BCUT2D eigenvalue weighted by Crippen LogP contribution is -2.06. The molecule has 0 saturated heterocycles. The third-order valence-corrected chi connectivity index (χ3v) is 1.98. The summed E-state index contributed by atoms with van der Waals surface area (Å²) in [5.74, 6) is 0.286. The first-order chi connectivity index (χ1) is 5.79. The molecule has 0 aromatic heterocycles. The van der Waals surface area contributed by atoms with E-state index >= 15 is 0 Å². The molecule has 1 aromatic carbocycles. The highest BCUT2D eigenvalue weighted by atomic mass is 16.3. The Morgan fingerprint density at radius 3 is 2.50 bits per heavy atom. The number of ketones is 1. The van der Waals surface area contributed by atoms with Crippen molar-refractivity contribution in [2.24, 2.45) is 0 Å². The van der Waals surface area contributed by atoms with Crippen LogP contribution in [-0.2, 0) is 0 Å². The van der Waals surface area contributed by atoms with Crippen molar-refractivity contribution in [1.29, 1.82) is 0 Å². The third kappa shape index (κ3) is 0.925. The minimum absolute atomic E-state index is 0.0726. The molecular formula is C10H8O2. The second-order valence-corrected chi connectivity index (χ2v) is 2.76. The summed E-state index contributed by atoms with van der Waals surface area (Å²) in [6, 6.07) is 7.09. The Kier molecular flexibility index (Phi) is 1.47. The number of allylic oxidation sites excluding steroid dienone is 1. The molecule has 0 spiro atoms. The van der Waals surface area contributed by atoms with Gasteiger partial charge in [-0.1, -0.05) is 24.3 Å². The lowest BCUT2D eigenvalue weighted by molar-refractivity contribution is 0.0992. The van der Waals surface area contributed by atoms with Crippen molar-refractivity contribution in [3.8, 4) is 0 Å². The van der Waals surface area contributed by atoms with Crippen LogP contribution >= 0.6 is 0 Å². The van der Waals surface area contributed by atoms with Crippen molar-refractivity contribution in [1.82, 2.24) is 0 Å². The van der Waals surface area contributed by atoms with Crippen LogP contribution in [0.2, 0.25) is 0 Å². The maximum absolute atomic E-state index is 11.3. The first-order valence-corrected chi connectivity index (χ1v) is 3.81. The van der Waals surface area contributed by atoms with E-state index in [0.717, 1.165) is 0 Å². The van der Waals surface area contributed by atoms with Crippen molar-refractivity contribution in [3.05, 3.63) is 41.5 Å². The van der Waals surface area contributed by atoms with E-state index in [1.54, 1.807) is 24.3 Å². The van der Waals surface area contributed by atoms with Gasteiger partial charge in [0.1, 0.15) is 5.76 Å². The molecule has 2 heteroatoms. The van der Waals surface area contributed by atoms with Gasteiger partial charge in [0.25, 0.3) is 0 Å². The summed E-state index contributed by atoms with van der Waals surface area (Å²) in [6.45, 7) is 0. The number of hydrogen-bond donors (Lipinski definition) is 1. The zero-order valence-corrected chi connectivity index (χ0v) is 6.45. The lowest BCUT2D eigenvalue weighted by atomic mass is 9.95. The summed E-state index contributed by atoms with van der Waals surface area (Å²) in [7, 11) is 0. The number of rotatable bonds is 0. The predicted octanol–water partition coefficient (Wildman–Crippen LogP) is 2.17. The number of hydrogen-bond acceptors (Lipinski definition) is 2. The van der Waals surface area contributed by atoms with E-state index in [-0.39, 0.29) is 11.5 Å². The minimum atomic E-state index is 0.0726. The highest BCUT2D eigenvalue weighted by molar-refractivity contribution is 6.03. The molecule has 0 atom stereocenters. The monoisotopic (exact) mass is 160 g/mol. The van der Waals surface area contributed by atoms with Crippen LogP contribution in [0.15, 0.2) is 30.3 Å². The number of carbonyl (C=O) groups is 1. The van der Waals surface area contributed by atoms with Crippen molar-refractivity contribution < 1.29 is 9.90 Å². The Hall–Kier alpha value is -1.57. The summed E-state index contributed by atoms with van der Waals surface area (Å²) < 4.78 is 0. The summed E-state index contributed by atoms with van der Waals surface area (Å²) in [5, 5.41) is 9.39. The maximum atomic E-state index is 11.3. The summed E-state index contributed by atoms with van der Waals surface area (Å²) in [4.78, 5) is 11.3. The van der Waals surface area contributed by atoms with Crippen LogP contribution in [0.25, 0.3) is 5.76 Å². The molecule has 60 valence electrons. The summed E-state index contributed by atoms with van der Waals surface area (Å²) >= 11 is 0. The van der Waals surface area contributed by atoms with Crippen LogP contribution in [0.1, 0.15) is 22.3 Å². The highest BCUT2D eigenvalue weighted by Crippen LogP contribution is 2.23. The fourth-order valence-corrected chi connectivity index (χ4v) is 1.36. The van der Waals surface area contributed by atoms with Crippen LogP contribution in [0.5, 0.6) is 0 Å². The van der Waals surface area contributed by atoms with Gasteiger partial charge < -0.3 is 5.11 Å². The van der Waals surface area contributed by atoms with Gasteiger partial charge in [0, 0.05) is 17.5 Å². The van der Waals surface area contributed by atoms with Crippen molar-refractivity contribution in [2.45, 2.75) is 6.42 Å². The Labute approximate surface area is 70.2 Å². The Morgan fingerprint density at radius 2 is 1.83 bits per heavy atom. The number of fused-ring (bicyclic) bond motifs is 1. The smallest absolute Gasteiger partial charge is 0.167 e. The molecule has 0 fully saturated rings. The van der Waals surface area contributed by atoms with Gasteiger partial charge in [-0.05, 0) is 6.08 Å². The van der Waals surface area contributed by atoms with Gasteiger partial charge in [0.2, 0.25) is 0 Å². The number of carbonyl (C=O) groups excluding carboxylic acids is 1. The van der Waals surface area contributed by atoms with E-state index in [4.69, 9.17) is 0 Å². The van der Waals surface area contributed by atoms with Gasteiger partial charge in [-0.3, -0.25) is 4.79 Å². The number of aliphatic hydroxyl groups excluding tert-OH is 1. The van der Waals surface area contributed by atoms with Crippen LogP contribution in [-0.4, -0.2) is 10.9 Å². The van der Waals surface area contributed by atoms with E-state index in [2.05, 4.69) is 0 Å². The Morgan fingerprint density at radius 1 is 1.17 bits per heavy atom. The van der Waals surface area contributed by atoms with Gasteiger partial charge in [-0.25, -0.2) is 0 Å². The van der Waals surface area contributed by atoms with E-state index in [1.165, 1.54) is 0 Å². The lowest BCUT2D eigenvalue weighted by Gasteiger charge is -2.11. The molecule has 1 aliphatic rings. The largest absolute Gasteiger partial charge is 0.508 e. The molecule has 2 rings (SSSR count). The molecule has 0 aliphatic heterocycles. The van der Waals surface area contributed by atoms with E-state index in [9.17, 15) is 9.90 Å². The molecule has 1 aromatic rings. The average molecular weight is 160 g/mol. The molecule has 0 radical (unpaired) electrons. The molecule has 0 heterocycles. The SMILES string of the molecule is O=C1CC=C(O)c2ccccc21.